The molecule has 0 aliphatic heterocycles. The second kappa shape index (κ2) is 6.02. The lowest BCUT2D eigenvalue weighted by Crippen LogP contribution is -2.35. The van der Waals surface area contributed by atoms with Crippen molar-refractivity contribution in [2.24, 2.45) is 7.05 Å². The maximum atomic E-state index is 4.37. The number of hydrogen-bond donors (Lipinski definition) is 1. The van der Waals surface area contributed by atoms with Crippen molar-refractivity contribution in [2.75, 3.05) is 0 Å². The molecule has 4 heteroatoms. The summed E-state index contributed by atoms with van der Waals surface area (Å²) in [5, 5.41) is 9.04. The zero-order valence-corrected chi connectivity index (χ0v) is 13.7. The highest BCUT2D eigenvalue weighted by atomic mass is 32.2. The van der Waals surface area contributed by atoms with E-state index in [1.165, 1.54) is 15.5 Å². The zero-order chi connectivity index (χ0) is 14.8. The highest BCUT2D eigenvalue weighted by molar-refractivity contribution is 7.99. The van der Waals surface area contributed by atoms with Crippen molar-refractivity contribution in [2.45, 2.75) is 49.7 Å². The van der Waals surface area contributed by atoms with E-state index in [1.807, 2.05) is 18.7 Å². The molecule has 0 fully saturated rings. The molecule has 0 aliphatic rings. The Kier molecular flexibility index (Phi) is 4.55. The molecule has 0 bridgehead atoms. The Balaban J connectivity index is 2.00. The Morgan fingerprint density at radius 2 is 1.85 bits per heavy atom. The van der Waals surface area contributed by atoms with Crippen LogP contribution in [-0.2, 0) is 13.6 Å². The smallest absolute Gasteiger partial charge is 0.0986 e. The molecule has 0 atom stereocenters. The van der Waals surface area contributed by atoms with E-state index in [0.717, 1.165) is 12.2 Å². The molecule has 0 radical (unpaired) electrons. The molecule has 2 rings (SSSR count). The van der Waals surface area contributed by atoms with E-state index in [4.69, 9.17) is 0 Å². The second-order valence-corrected chi connectivity index (χ2v) is 7.19. The Bertz CT molecular complexity index is 564. The van der Waals surface area contributed by atoms with E-state index in [9.17, 15) is 0 Å². The summed E-state index contributed by atoms with van der Waals surface area (Å²) >= 11 is 1.75. The quantitative estimate of drug-likeness (QED) is 0.929. The first-order chi connectivity index (χ1) is 9.33. The van der Waals surface area contributed by atoms with Crippen LogP contribution in [0.3, 0.4) is 0 Å². The van der Waals surface area contributed by atoms with Gasteiger partial charge in [-0.25, -0.2) is 0 Å². The number of aryl methyl sites for hydroxylation is 2. The molecule has 0 amide bonds. The third-order valence-corrected chi connectivity index (χ3v) is 4.03. The van der Waals surface area contributed by atoms with Crippen LogP contribution in [-0.4, -0.2) is 15.3 Å². The van der Waals surface area contributed by atoms with Crippen molar-refractivity contribution in [1.29, 1.82) is 0 Å². The van der Waals surface area contributed by atoms with Crippen molar-refractivity contribution in [3.05, 3.63) is 41.6 Å². The van der Waals surface area contributed by atoms with Crippen molar-refractivity contribution in [3.63, 3.8) is 0 Å². The van der Waals surface area contributed by atoms with Crippen LogP contribution in [0, 0.1) is 6.92 Å². The molecule has 108 valence electrons. The molecule has 0 unspecified atom stereocenters. The molecular formula is C16H23N3S. The Labute approximate surface area is 125 Å². The molecule has 0 aliphatic carbocycles. The fraction of sp³-hybridized carbons (Fsp3) is 0.438. The van der Waals surface area contributed by atoms with Gasteiger partial charge in [0.15, 0.2) is 0 Å². The van der Waals surface area contributed by atoms with Gasteiger partial charge in [-0.2, -0.15) is 5.10 Å². The average molecular weight is 289 g/mol. The van der Waals surface area contributed by atoms with E-state index in [0.29, 0.717) is 0 Å². The van der Waals surface area contributed by atoms with Crippen molar-refractivity contribution >= 4 is 11.8 Å². The molecule has 2 aromatic rings. The van der Waals surface area contributed by atoms with Crippen LogP contribution in [0.4, 0.5) is 0 Å². The lowest BCUT2D eigenvalue weighted by molar-refractivity contribution is 0.424. The van der Waals surface area contributed by atoms with Gasteiger partial charge in [0, 0.05) is 24.0 Å². The van der Waals surface area contributed by atoms with Crippen LogP contribution < -0.4 is 5.32 Å². The highest BCUT2D eigenvalue weighted by Gasteiger charge is 2.08. The molecule has 1 N–H and O–H groups in total. The first kappa shape index (κ1) is 15.1. The van der Waals surface area contributed by atoms with Gasteiger partial charge in [-0.1, -0.05) is 23.9 Å². The Hall–Kier alpha value is -1.26. The lowest BCUT2D eigenvalue weighted by atomic mass is 10.1. The summed E-state index contributed by atoms with van der Waals surface area (Å²) in [5.74, 6) is 0. The molecule has 0 saturated heterocycles. The summed E-state index contributed by atoms with van der Waals surface area (Å²) in [6.07, 6.45) is 0. The third kappa shape index (κ3) is 4.39. The largest absolute Gasteiger partial charge is 0.308 e. The van der Waals surface area contributed by atoms with Gasteiger partial charge in [-0.3, -0.25) is 4.68 Å². The molecule has 1 aromatic carbocycles. The van der Waals surface area contributed by atoms with E-state index in [2.05, 4.69) is 61.5 Å². The van der Waals surface area contributed by atoms with Crippen LogP contribution in [0.15, 0.2) is 40.3 Å². The minimum Gasteiger partial charge on any atom is -0.308 e. The minimum atomic E-state index is 0.152. The topological polar surface area (TPSA) is 29.9 Å². The van der Waals surface area contributed by atoms with E-state index in [-0.39, 0.29) is 5.54 Å². The Morgan fingerprint density at radius 3 is 2.35 bits per heavy atom. The molecule has 0 spiro atoms. The summed E-state index contributed by atoms with van der Waals surface area (Å²) in [5.41, 5.74) is 2.52. The number of aromatic nitrogens is 2. The first-order valence-corrected chi connectivity index (χ1v) is 7.67. The number of nitrogens with one attached hydrogen (secondary N) is 1. The SMILES string of the molecule is Cc1cc(Sc2ccc(CNC(C)(C)C)cc2)n(C)n1. The number of rotatable bonds is 4. The summed E-state index contributed by atoms with van der Waals surface area (Å²) in [6, 6.07) is 10.8. The zero-order valence-electron chi connectivity index (χ0n) is 12.9. The number of nitrogens with zero attached hydrogens (tertiary/aromatic N) is 2. The Morgan fingerprint density at radius 1 is 1.20 bits per heavy atom. The molecule has 3 nitrogen and oxygen atoms in total. The van der Waals surface area contributed by atoms with E-state index >= 15 is 0 Å². The van der Waals surface area contributed by atoms with Gasteiger partial charge in [0.05, 0.1) is 10.7 Å². The summed E-state index contributed by atoms with van der Waals surface area (Å²) < 4.78 is 1.93. The highest BCUT2D eigenvalue weighted by Crippen LogP contribution is 2.27. The summed E-state index contributed by atoms with van der Waals surface area (Å²) in [4.78, 5) is 1.24. The van der Waals surface area contributed by atoms with Gasteiger partial charge in [-0.15, -0.1) is 0 Å². The predicted molar refractivity (Wildman–Crippen MR) is 85.1 cm³/mol. The molecular weight excluding hydrogens is 266 g/mol. The molecule has 1 aromatic heterocycles. The van der Waals surface area contributed by atoms with Gasteiger partial charge >= 0.3 is 0 Å². The second-order valence-electron chi connectivity index (χ2n) is 6.10. The van der Waals surface area contributed by atoms with Crippen molar-refractivity contribution in [1.82, 2.24) is 15.1 Å². The summed E-state index contributed by atoms with van der Waals surface area (Å²) in [6.45, 7) is 9.47. The van der Waals surface area contributed by atoms with Gasteiger partial charge in [0.1, 0.15) is 0 Å². The van der Waals surface area contributed by atoms with E-state index < -0.39 is 0 Å². The maximum absolute atomic E-state index is 4.37. The fourth-order valence-electron chi connectivity index (χ4n) is 1.85. The molecule has 1 heterocycles. The summed E-state index contributed by atoms with van der Waals surface area (Å²) in [7, 11) is 1.98. The van der Waals surface area contributed by atoms with Gasteiger partial charge in [-0.05, 0) is 51.5 Å². The number of benzene rings is 1. The van der Waals surface area contributed by atoms with Crippen LogP contribution >= 0.6 is 11.8 Å². The van der Waals surface area contributed by atoms with Gasteiger partial charge in [0.2, 0.25) is 0 Å². The monoisotopic (exact) mass is 289 g/mol. The van der Waals surface area contributed by atoms with Crippen LogP contribution in [0.5, 0.6) is 0 Å². The first-order valence-electron chi connectivity index (χ1n) is 6.86. The minimum absolute atomic E-state index is 0.152. The molecule has 0 saturated carbocycles. The van der Waals surface area contributed by atoms with Crippen LogP contribution in [0.1, 0.15) is 32.0 Å². The lowest BCUT2D eigenvalue weighted by Gasteiger charge is -2.20. The average Bonchev–Trinajstić information content (AvgIpc) is 2.66. The van der Waals surface area contributed by atoms with E-state index in [1.54, 1.807) is 11.8 Å². The normalized spacial score (nSPS) is 11.8. The van der Waals surface area contributed by atoms with Crippen LogP contribution in [0.2, 0.25) is 0 Å². The maximum Gasteiger partial charge on any atom is 0.0986 e. The van der Waals surface area contributed by atoms with Crippen LogP contribution in [0.25, 0.3) is 0 Å². The van der Waals surface area contributed by atoms with Gasteiger partial charge in [0.25, 0.3) is 0 Å². The van der Waals surface area contributed by atoms with Crippen molar-refractivity contribution in [3.8, 4) is 0 Å². The fourth-order valence-corrected chi connectivity index (χ4v) is 2.76. The number of hydrogen-bond acceptors (Lipinski definition) is 3. The molecule has 20 heavy (non-hydrogen) atoms. The van der Waals surface area contributed by atoms with Gasteiger partial charge < -0.3 is 5.32 Å². The standard InChI is InChI=1S/C16H23N3S/c1-12-10-15(19(5)18-12)20-14-8-6-13(7-9-14)11-17-16(2,3)4/h6-10,17H,11H2,1-5H3. The third-order valence-electron chi connectivity index (χ3n) is 2.93. The van der Waals surface area contributed by atoms with Crippen molar-refractivity contribution < 1.29 is 0 Å². The predicted octanol–water partition coefficient (Wildman–Crippen LogP) is 3.77.